The molecule has 5 nitrogen and oxygen atoms in total. The van der Waals surface area contributed by atoms with E-state index in [0.29, 0.717) is 11.0 Å². The molecule has 1 heterocycles. The summed E-state index contributed by atoms with van der Waals surface area (Å²) in [5.74, 6) is -2.20. The fraction of sp³-hybridized carbons (Fsp3) is 0.333. The average molecular weight is 291 g/mol. The van der Waals surface area contributed by atoms with Gasteiger partial charge in [0.1, 0.15) is 16.9 Å². The minimum Gasteiger partial charge on any atom is -0.480 e. The van der Waals surface area contributed by atoms with Gasteiger partial charge in [-0.3, -0.25) is 4.79 Å². The second-order valence-electron chi connectivity index (χ2n) is 5.53. The highest BCUT2D eigenvalue weighted by Crippen LogP contribution is 2.40. The molecule has 1 saturated carbocycles. The Hall–Kier alpha value is -2.37. The number of nitrogens with one attached hydrogen (secondary N) is 1. The van der Waals surface area contributed by atoms with Gasteiger partial charge in [-0.15, -0.1) is 0 Å². The summed E-state index contributed by atoms with van der Waals surface area (Å²) in [6.45, 7) is 1.49. The quantitative estimate of drug-likeness (QED) is 0.907. The van der Waals surface area contributed by atoms with Crippen molar-refractivity contribution >= 4 is 22.8 Å². The Kier molecular flexibility index (Phi) is 2.97. The molecule has 110 valence electrons. The monoisotopic (exact) mass is 291 g/mol. The summed E-state index contributed by atoms with van der Waals surface area (Å²) in [5.41, 5.74) is -0.925. The number of carbonyl (C=O) groups excluding carboxylic acids is 1. The zero-order chi connectivity index (χ0) is 15.2. The molecule has 0 bridgehead atoms. The van der Waals surface area contributed by atoms with Crippen LogP contribution in [0.1, 0.15) is 30.3 Å². The van der Waals surface area contributed by atoms with E-state index in [0.717, 1.165) is 12.8 Å². The van der Waals surface area contributed by atoms with Crippen molar-refractivity contribution in [2.75, 3.05) is 0 Å². The molecule has 3 rings (SSSR count). The fourth-order valence-electron chi connectivity index (χ4n) is 2.41. The number of carboxylic acid groups (broad SMARTS) is 1. The molecule has 1 amide bonds. The summed E-state index contributed by atoms with van der Waals surface area (Å²) in [6, 6.07) is 5.33. The summed E-state index contributed by atoms with van der Waals surface area (Å²) in [7, 11) is 0. The third-order valence-electron chi connectivity index (χ3n) is 3.91. The number of aliphatic carboxylic acids is 1. The number of carboxylic acids is 1. The largest absolute Gasteiger partial charge is 0.480 e. The molecule has 2 N–H and O–H groups in total. The molecule has 6 heteroatoms. The topological polar surface area (TPSA) is 79.5 Å². The van der Waals surface area contributed by atoms with E-state index in [1.807, 2.05) is 0 Å². The second kappa shape index (κ2) is 4.58. The molecular formula is C15H14FNO4. The lowest BCUT2D eigenvalue weighted by Gasteiger charge is -2.25. The van der Waals surface area contributed by atoms with E-state index in [9.17, 15) is 19.1 Å². The predicted octanol–water partition coefficient (Wildman–Crippen LogP) is 2.56. The molecule has 1 aromatic carbocycles. The number of benzene rings is 1. The number of rotatable bonds is 4. The lowest BCUT2D eigenvalue weighted by atomic mass is 9.96. The summed E-state index contributed by atoms with van der Waals surface area (Å²) in [5, 5.41) is 12.3. The van der Waals surface area contributed by atoms with E-state index in [1.165, 1.54) is 31.2 Å². The fourth-order valence-corrected chi connectivity index (χ4v) is 2.41. The van der Waals surface area contributed by atoms with Gasteiger partial charge in [0.25, 0.3) is 5.91 Å². The lowest BCUT2D eigenvalue weighted by molar-refractivity contribution is -0.144. The molecule has 1 aliphatic rings. The Morgan fingerprint density at radius 1 is 1.38 bits per heavy atom. The van der Waals surface area contributed by atoms with Crippen LogP contribution in [-0.4, -0.2) is 22.5 Å². The van der Waals surface area contributed by atoms with Crippen molar-refractivity contribution in [3.8, 4) is 0 Å². The Morgan fingerprint density at radius 3 is 2.71 bits per heavy atom. The van der Waals surface area contributed by atoms with Crippen LogP contribution in [0.25, 0.3) is 11.0 Å². The molecule has 0 saturated heterocycles. The summed E-state index contributed by atoms with van der Waals surface area (Å²) in [6.07, 6.45) is 1.54. The Balaban J connectivity index is 1.88. The Bertz CT molecular complexity index is 734. The molecule has 1 fully saturated rings. The van der Waals surface area contributed by atoms with Crippen LogP contribution >= 0.6 is 0 Å². The third-order valence-corrected chi connectivity index (χ3v) is 3.91. The Morgan fingerprint density at radius 2 is 2.10 bits per heavy atom. The zero-order valence-corrected chi connectivity index (χ0v) is 11.4. The first-order valence-corrected chi connectivity index (χ1v) is 6.65. The normalized spacial score (nSPS) is 17.4. The van der Waals surface area contributed by atoms with Crippen LogP contribution in [0.3, 0.4) is 0 Å². The SMILES string of the molecule is C[C@@](NC(=O)c1cc2cc(F)ccc2o1)(C(=O)O)C1CC1. The number of furan rings is 1. The van der Waals surface area contributed by atoms with E-state index < -0.39 is 23.2 Å². The van der Waals surface area contributed by atoms with Crippen molar-refractivity contribution in [1.82, 2.24) is 5.32 Å². The van der Waals surface area contributed by atoms with Gasteiger partial charge in [0, 0.05) is 5.39 Å². The van der Waals surface area contributed by atoms with Crippen LogP contribution in [0.4, 0.5) is 4.39 Å². The van der Waals surface area contributed by atoms with E-state index >= 15 is 0 Å². The number of halogens is 1. The van der Waals surface area contributed by atoms with Crippen LogP contribution in [0.5, 0.6) is 0 Å². The van der Waals surface area contributed by atoms with Gasteiger partial charge < -0.3 is 14.8 Å². The standard InChI is InChI=1S/C15H14FNO4/c1-15(14(19)20,9-2-3-9)17-13(18)12-7-8-6-10(16)4-5-11(8)21-12/h4-7,9H,2-3H2,1H3,(H,17,18)(H,19,20)/t15-/m0/s1. The first kappa shape index (κ1) is 13.6. The van der Waals surface area contributed by atoms with Gasteiger partial charge in [0.15, 0.2) is 5.76 Å². The van der Waals surface area contributed by atoms with E-state index in [-0.39, 0.29) is 11.7 Å². The number of fused-ring (bicyclic) bond motifs is 1. The highest BCUT2D eigenvalue weighted by Gasteiger charge is 2.48. The van der Waals surface area contributed by atoms with Gasteiger partial charge >= 0.3 is 5.97 Å². The maximum Gasteiger partial charge on any atom is 0.329 e. The lowest BCUT2D eigenvalue weighted by Crippen LogP contribution is -2.53. The van der Waals surface area contributed by atoms with Crippen molar-refractivity contribution in [1.29, 1.82) is 0 Å². The molecule has 21 heavy (non-hydrogen) atoms. The van der Waals surface area contributed by atoms with Gasteiger partial charge in [-0.1, -0.05) is 0 Å². The predicted molar refractivity (Wildman–Crippen MR) is 72.4 cm³/mol. The van der Waals surface area contributed by atoms with Crippen LogP contribution in [0.15, 0.2) is 28.7 Å². The van der Waals surface area contributed by atoms with E-state index in [2.05, 4.69) is 5.32 Å². The van der Waals surface area contributed by atoms with Crippen molar-refractivity contribution < 1.29 is 23.5 Å². The highest BCUT2D eigenvalue weighted by atomic mass is 19.1. The molecule has 0 unspecified atom stereocenters. The second-order valence-corrected chi connectivity index (χ2v) is 5.53. The molecule has 1 aromatic heterocycles. The minimum atomic E-state index is -1.30. The van der Waals surface area contributed by atoms with E-state index in [1.54, 1.807) is 0 Å². The molecule has 1 aliphatic carbocycles. The van der Waals surface area contributed by atoms with Gasteiger partial charge in [0.2, 0.25) is 0 Å². The number of carbonyl (C=O) groups is 2. The maximum atomic E-state index is 13.1. The van der Waals surface area contributed by atoms with Crippen molar-refractivity contribution in [2.24, 2.45) is 5.92 Å². The first-order valence-electron chi connectivity index (χ1n) is 6.65. The van der Waals surface area contributed by atoms with E-state index in [4.69, 9.17) is 4.42 Å². The van der Waals surface area contributed by atoms with Crippen molar-refractivity contribution in [3.05, 3.63) is 35.8 Å². The molecule has 2 aromatic rings. The smallest absolute Gasteiger partial charge is 0.329 e. The van der Waals surface area contributed by atoms with Gasteiger partial charge in [-0.05, 0) is 49.9 Å². The highest BCUT2D eigenvalue weighted by molar-refractivity contribution is 5.99. The number of hydrogen-bond acceptors (Lipinski definition) is 3. The summed E-state index contributed by atoms with van der Waals surface area (Å²) in [4.78, 5) is 23.6. The van der Waals surface area contributed by atoms with Crippen LogP contribution < -0.4 is 5.32 Å². The zero-order valence-electron chi connectivity index (χ0n) is 11.4. The molecule has 0 aliphatic heterocycles. The third kappa shape index (κ3) is 2.37. The van der Waals surface area contributed by atoms with Crippen LogP contribution in [-0.2, 0) is 4.79 Å². The summed E-state index contributed by atoms with van der Waals surface area (Å²) < 4.78 is 18.5. The average Bonchev–Trinajstić information content (AvgIpc) is 3.19. The van der Waals surface area contributed by atoms with Crippen molar-refractivity contribution in [3.63, 3.8) is 0 Å². The van der Waals surface area contributed by atoms with Crippen LogP contribution in [0.2, 0.25) is 0 Å². The molecule has 0 spiro atoms. The molecular weight excluding hydrogens is 277 g/mol. The number of amides is 1. The first-order chi connectivity index (χ1) is 9.90. The van der Waals surface area contributed by atoms with Crippen LogP contribution in [0, 0.1) is 11.7 Å². The number of hydrogen-bond donors (Lipinski definition) is 2. The molecule has 1 atom stereocenters. The van der Waals surface area contributed by atoms with Gasteiger partial charge in [0.05, 0.1) is 0 Å². The maximum absolute atomic E-state index is 13.1. The van der Waals surface area contributed by atoms with Crippen molar-refractivity contribution in [2.45, 2.75) is 25.3 Å². The molecule has 0 radical (unpaired) electrons. The van der Waals surface area contributed by atoms with Gasteiger partial charge in [-0.25, -0.2) is 9.18 Å². The Labute approximate surface area is 119 Å². The minimum absolute atomic E-state index is 0.0243. The van der Waals surface area contributed by atoms with Gasteiger partial charge in [-0.2, -0.15) is 0 Å². The summed E-state index contributed by atoms with van der Waals surface area (Å²) >= 11 is 0.